The number of hydrogen-bond acceptors (Lipinski definition) is 7. The van der Waals surface area contributed by atoms with Gasteiger partial charge in [-0.25, -0.2) is 4.98 Å². The van der Waals surface area contributed by atoms with Crippen LogP contribution < -0.4 is 10.6 Å². The predicted molar refractivity (Wildman–Crippen MR) is 93.0 cm³/mol. The first-order valence-corrected chi connectivity index (χ1v) is 8.11. The van der Waals surface area contributed by atoms with Crippen molar-refractivity contribution in [3.8, 4) is 11.4 Å². The van der Waals surface area contributed by atoms with Crippen molar-refractivity contribution in [2.75, 3.05) is 17.2 Å². The summed E-state index contributed by atoms with van der Waals surface area (Å²) in [5.74, 6) is -0.129. The molecule has 0 radical (unpaired) electrons. The van der Waals surface area contributed by atoms with E-state index in [1.807, 2.05) is 35.7 Å². The van der Waals surface area contributed by atoms with Crippen molar-refractivity contribution >= 4 is 29.1 Å². The number of aliphatic carboxylic acids is 1. The molecule has 0 saturated carbocycles. The van der Waals surface area contributed by atoms with E-state index in [0.29, 0.717) is 23.8 Å². The fourth-order valence-electron chi connectivity index (χ4n) is 2.01. The average molecular weight is 341 g/mol. The summed E-state index contributed by atoms with van der Waals surface area (Å²) >= 11 is 1.65. The average Bonchev–Trinajstić information content (AvgIpc) is 3.12. The Morgan fingerprint density at radius 3 is 2.75 bits per heavy atom. The minimum absolute atomic E-state index is 0.245. The standard InChI is InChI=1S/C16H15N5O2S/c22-15(23)10-19-16-20-13(12-5-1-2-6-17-12)8-14(21-16)18-9-11-4-3-7-24-11/h1-8H,9-10H2,(H,22,23)(H2,18,19,20,21). The third kappa shape index (κ3) is 4.26. The Balaban J connectivity index is 1.85. The molecule has 0 saturated heterocycles. The van der Waals surface area contributed by atoms with Gasteiger partial charge in [-0.15, -0.1) is 11.3 Å². The van der Waals surface area contributed by atoms with Crippen LogP contribution in [-0.2, 0) is 11.3 Å². The normalized spacial score (nSPS) is 10.3. The molecule has 3 aromatic rings. The topological polar surface area (TPSA) is 100 Å². The largest absolute Gasteiger partial charge is 0.480 e. The molecule has 0 fully saturated rings. The summed E-state index contributed by atoms with van der Waals surface area (Å²) in [7, 11) is 0. The highest BCUT2D eigenvalue weighted by molar-refractivity contribution is 7.09. The van der Waals surface area contributed by atoms with Crippen LogP contribution in [0.3, 0.4) is 0 Å². The van der Waals surface area contributed by atoms with Gasteiger partial charge in [0.1, 0.15) is 12.4 Å². The van der Waals surface area contributed by atoms with Crippen LogP contribution >= 0.6 is 11.3 Å². The molecular weight excluding hydrogens is 326 g/mol. The van der Waals surface area contributed by atoms with Gasteiger partial charge in [0, 0.05) is 17.1 Å². The summed E-state index contributed by atoms with van der Waals surface area (Å²) in [6.07, 6.45) is 1.68. The summed E-state index contributed by atoms with van der Waals surface area (Å²) in [6, 6.07) is 11.3. The molecule has 0 bridgehead atoms. The van der Waals surface area contributed by atoms with Crippen LogP contribution in [0.4, 0.5) is 11.8 Å². The molecule has 0 aromatic carbocycles. The van der Waals surface area contributed by atoms with Crippen molar-refractivity contribution in [3.63, 3.8) is 0 Å². The Morgan fingerprint density at radius 2 is 2.04 bits per heavy atom. The lowest BCUT2D eigenvalue weighted by atomic mass is 10.2. The number of aromatic nitrogens is 3. The summed E-state index contributed by atoms with van der Waals surface area (Å²) in [4.78, 5) is 24.8. The van der Waals surface area contributed by atoms with E-state index in [4.69, 9.17) is 5.11 Å². The lowest BCUT2D eigenvalue weighted by Gasteiger charge is -2.10. The molecule has 0 aliphatic rings. The molecule has 0 unspecified atom stereocenters. The highest BCUT2D eigenvalue weighted by atomic mass is 32.1. The van der Waals surface area contributed by atoms with Crippen LogP contribution in [0.5, 0.6) is 0 Å². The number of nitrogens with one attached hydrogen (secondary N) is 2. The lowest BCUT2D eigenvalue weighted by Crippen LogP contribution is -2.15. The highest BCUT2D eigenvalue weighted by Gasteiger charge is 2.09. The second-order valence-electron chi connectivity index (χ2n) is 4.86. The van der Waals surface area contributed by atoms with Crippen molar-refractivity contribution in [3.05, 3.63) is 52.9 Å². The molecular formula is C16H15N5O2S. The van der Waals surface area contributed by atoms with Gasteiger partial charge in [0.05, 0.1) is 17.9 Å². The van der Waals surface area contributed by atoms with Gasteiger partial charge in [-0.1, -0.05) is 12.1 Å². The number of carboxylic acid groups (broad SMARTS) is 1. The molecule has 8 heteroatoms. The first-order valence-electron chi connectivity index (χ1n) is 7.23. The fraction of sp³-hybridized carbons (Fsp3) is 0.125. The zero-order chi connectivity index (χ0) is 16.8. The molecule has 3 rings (SSSR count). The fourth-order valence-corrected chi connectivity index (χ4v) is 2.65. The second kappa shape index (κ2) is 7.51. The van der Waals surface area contributed by atoms with E-state index in [1.165, 1.54) is 4.88 Å². The molecule has 24 heavy (non-hydrogen) atoms. The number of hydrogen-bond donors (Lipinski definition) is 3. The number of thiophene rings is 1. The van der Waals surface area contributed by atoms with Gasteiger partial charge in [0.15, 0.2) is 0 Å². The van der Waals surface area contributed by atoms with E-state index in [2.05, 4.69) is 25.6 Å². The molecule has 122 valence electrons. The Morgan fingerprint density at radius 1 is 1.12 bits per heavy atom. The molecule has 3 heterocycles. The Hall–Kier alpha value is -3.00. The summed E-state index contributed by atoms with van der Waals surface area (Å²) in [5, 5.41) is 16.8. The number of rotatable bonds is 7. The maximum Gasteiger partial charge on any atom is 0.322 e. The highest BCUT2D eigenvalue weighted by Crippen LogP contribution is 2.20. The molecule has 7 nitrogen and oxygen atoms in total. The van der Waals surface area contributed by atoms with Crippen molar-refractivity contribution in [2.45, 2.75) is 6.54 Å². The van der Waals surface area contributed by atoms with Crippen molar-refractivity contribution in [1.82, 2.24) is 15.0 Å². The number of anilines is 2. The quantitative estimate of drug-likeness (QED) is 0.607. The van der Waals surface area contributed by atoms with Crippen LogP contribution in [0.2, 0.25) is 0 Å². The molecule has 0 amide bonds. The lowest BCUT2D eigenvalue weighted by molar-refractivity contribution is -0.134. The van der Waals surface area contributed by atoms with Gasteiger partial charge in [-0.3, -0.25) is 9.78 Å². The first-order chi connectivity index (χ1) is 11.7. The number of carbonyl (C=O) groups is 1. The molecule has 3 N–H and O–H groups in total. The zero-order valence-corrected chi connectivity index (χ0v) is 13.5. The molecule has 0 aliphatic carbocycles. The molecule has 0 spiro atoms. The van der Waals surface area contributed by atoms with Crippen LogP contribution in [0.15, 0.2) is 48.0 Å². The van der Waals surface area contributed by atoms with Gasteiger partial charge in [0.25, 0.3) is 0 Å². The van der Waals surface area contributed by atoms with E-state index < -0.39 is 5.97 Å². The van der Waals surface area contributed by atoms with Crippen molar-refractivity contribution in [1.29, 1.82) is 0 Å². The van der Waals surface area contributed by atoms with Gasteiger partial charge in [-0.2, -0.15) is 4.98 Å². The zero-order valence-electron chi connectivity index (χ0n) is 12.6. The van der Waals surface area contributed by atoms with Gasteiger partial charge >= 0.3 is 5.97 Å². The summed E-state index contributed by atoms with van der Waals surface area (Å²) in [5.41, 5.74) is 1.31. The molecule has 3 aromatic heterocycles. The summed E-state index contributed by atoms with van der Waals surface area (Å²) < 4.78 is 0. The maximum atomic E-state index is 10.7. The Bertz CT molecular complexity index is 809. The second-order valence-corrected chi connectivity index (χ2v) is 5.89. The third-order valence-electron chi connectivity index (χ3n) is 3.08. The number of pyridine rings is 1. The van der Waals surface area contributed by atoms with Gasteiger partial charge in [0.2, 0.25) is 5.95 Å². The predicted octanol–water partition coefficient (Wildman–Crippen LogP) is 2.71. The van der Waals surface area contributed by atoms with Crippen molar-refractivity contribution in [2.24, 2.45) is 0 Å². The minimum atomic E-state index is -0.977. The minimum Gasteiger partial charge on any atom is -0.480 e. The van der Waals surface area contributed by atoms with Crippen LogP contribution in [-0.4, -0.2) is 32.6 Å². The smallest absolute Gasteiger partial charge is 0.322 e. The SMILES string of the molecule is O=C(O)CNc1nc(NCc2cccs2)cc(-c2ccccn2)n1. The van der Waals surface area contributed by atoms with Crippen LogP contribution in [0.25, 0.3) is 11.4 Å². The van der Waals surface area contributed by atoms with Gasteiger partial charge in [-0.05, 0) is 23.6 Å². The van der Waals surface area contributed by atoms with E-state index in [1.54, 1.807) is 23.6 Å². The Labute approximate surface area is 142 Å². The maximum absolute atomic E-state index is 10.7. The summed E-state index contributed by atoms with van der Waals surface area (Å²) in [6.45, 7) is 0.380. The first kappa shape index (κ1) is 15.9. The van der Waals surface area contributed by atoms with Gasteiger partial charge < -0.3 is 15.7 Å². The van der Waals surface area contributed by atoms with E-state index in [9.17, 15) is 4.79 Å². The Kier molecular flexibility index (Phi) is 4.97. The number of carboxylic acids is 1. The molecule has 0 atom stereocenters. The van der Waals surface area contributed by atoms with E-state index in [-0.39, 0.29) is 12.5 Å². The third-order valence-corrected chi connectivity index (χ3v) is 3.95. The number of nitrogens with zero attached hydrogens (tertiary/aromatic N) is 3. The van der Waals surface area contributed by atoms with Crippen molar-refractivity contribution < 1.29 is 9.90 Å². The monoisotopic (exact) mass is 341 g/mol. The van der Waals surface area contributed by atoms with Crippen LogP contribution in [0, 0.1) is 0 Å². The molecule has 0 aliphatic heterocycles. The van der Waals surface area contributed by atoms with E-state index in [0.717, 1.165) is 0 Å². The van der Waals surface area contributed by atoms with Crippen LogP contribution in [0.1, 0.15) is 4.88 Å². The van der Waals surface area contributed by atoms with E-state index >= 15 is 0 Å².